The fourth-order valence-electron chi connectivity index (χ4n) is 1.96. The minimum absolute atomic E-state index is 1.01. The molecule has 0 aliphatic heterocycles. The average molecular weight is 191 g/mol. The van der Waals surface area contributed by atoms with Gasteiger partial charge in [0.2, 0.25) is 0 Å². The first kappa shape index (κ1) is 7.59. The second-order valence-corrected chi connectivity index (χ2v) is 3.61. The quantitative estimate of drug-likeness (QED) is 0.601. The molecule has 0 bridgehead atoms. The van der Waals surface area contributed by atoms with Crippen LogP contribution in [0.2, 0.25) is 0 Å². The Kier molecular flexibility index (Phi) is 2.57. The molecule has 1 aliphatic carbocycles. The van der Waals surface area contributed by atoms with Crippen molar-refractivity contribution in [2.75, 3.05) is 5.33 Å². The molecule has 1 saturated carbocycles. The van der Waals surface area contributed by atoms with Crippen LogP contribution >= 0.6 is 15.9 Å². The molecule has 1 aliphatic rings. The highest BCUT2D eigenvalue weighted by atomic mass is 79.9. The zero-order valence-corrected chi connectivity index (χ0v) is 7.82. The number of hydrogen-bond acceptors (Lipinski definition) is 0. The summed E-state index contributed by atoms with van der Waals surface area (Å²) in [6.07, 6.45) is 2.77. The third kappa shape index (κ3) is 1.31. The molecule has 0 saturated heterocycles. The normalized spacial score (nSPS) is 41.0. The van der Waals surface area contributed by atoms with Crippen LogP contribution in [0.1, 0.15) is 26.7 Å². The molecule has 1 heteroatoms. The molecule has 9 heavy (non-hydrogen) atoms. The van der Waals surface area contributed by atoms with E-state index in [0.717, 1.165) is 17.8 Å². The first-order valence-corrected chi connectivity index (χ1v) is 5.03. The summed E-state index contributed by atoms with van der Waals surface area (Å²) in [7, 11) is 0. The molecule has 0 nitrogen and oxygen atoms in total. The van der Waals surface area contributed by atoms with E-state index in [1.54, 1.807) is 0 Å². The van der Waals surface area contributed by atoms with Crippen LogP contribution in [0.5, 0.6) is 0 Å². The third-order valence-corrected chi connectivity index (χ3v) is 3.38. The van der Waals surface area contributed by atoms with Crippen LogP contribution in [0, 0.1) is 17.8 Å². The molecule has 0 spiro atoms. The summed E-state index contributed by atoms with van der Waals surface area (Å²) in [4.78, 5) is 0. The molecular weight excluding hydrogens is 176 g/mol. The van der Waals surface area contributed by atoms with Crippen molar-refractivity contribution in [1.29, 1.82) is 0 Å². The van der Waals surface area contributed by atoms with Crippen LogP contribution in [-0.4, -0.2) is 5.33 Å². The average Bonchev–Trinajstić information content (AvgIpc) is 2.59. The lowest BCUT2D eigenvalue weighted by molar-refractivity contribution is 0.663. The minimum Gasteiger partial charge on any atom is -0.0925 e. The molecule has 54 valence electrons. The molecular formula is C8H15Br. The maximum atomic E-state index is 3.54. The van der Waals surface area contributed by atoms with E-state index in [1.807, 2.05) is 0 Å². The molecule has 1 fully saturated rings. The van der Waals surface area contributed by atoms with Gasteiger partial charge in [0.25, 0.3) is 0 Å². The summed E-state index contributed by atoms with van der Waals surface area (Å²) in [5, 5.41) is 1.23. The van der Waals surface area contributed by atoms with Crippen molar-refractivity contribution in [3.05, 3.63) is 0 Å². The summed E-state index contributed by atoms with van der Waals surface area (Å²) in [6, 6.07) is 0. The Morgan fingerprint density at radius 1 is 1.00 bits per heavy atom. The highest BCUT2D eigenvalue weighted by molar-refractivity contribution is 9.09. The van der Waals surface area contributed by atoms with Crippen LogP contribution in [0.4, 0.5) is 0 Å². The fourth-order valence-corrected chi connectivity index (χ4v) is 2.92. The van der Waals surface area contributed by atoms with Gasteiger partial charge in [-0.05, 0) is 17.8 Å². The molecule has 0 amide bonds. The molecule has 0 radical (unpaired) electrons. The van der Waals surface area contributed by atoms with Crippen LogP contribution in [0.25, 0.3) is 0 Å². The Bertz CT molecular complexity index is 65.5. The van der Waals surface area contributed by atoms with E-state index in [4.69, 9.17) is 0 Å². The Labute approximate surface area is 66.2 Å². The van der Waals surface area contributed by atoms with Crippen molar-refractivity contribution in [2.45, 2.75) is 26.7 Å². The number of hydrogen-bond donors (Lipinski definition) is 0. The lowest BCUT2D eigenvalue weighted by Gasteiger charge is -1.85. The first-order chi connectivity index (χ1) is 4.35. The first-order valence-electron chi connectivity index (χ1n) is 3.91. The molecule has 2 unspecified atom stereocenters. The summed E-state index contributed by atoms with van der Waals surface area (Å²) in [5.41, 5.74) is 0. The zero-order chi connectivity index (χ0) is 6.85. The van der Waals surface area contributed by atoms with E-state index in [0.29, 0.717) is 0 Å². The standard InChI is InChI=1S/C8H15Br/c1-3-6-7(4-2)8(6)5-9/h6-8H,3-5H2,1-2H3. The van der Waals surface area contributed by atoms with Crippen LogP contribution in [-0.2, 0) is 0 Å². The number of halogens is 1. The lowest BCUT2D eigenvalue weighted by Crippen LogP contribution is -1.79. The van der Waals surface area contributed by atoms with E-state index in [-0.39, 0.29) is 0 Å². The molecule has 0 aromatic heterocycles. The summed E-state index contributed by atoms with van der Waals surface area (Å²) in [5.74, 6) is 3.11. The summed E-state index contributed by atoms with van der Waals surface area (Å²) in [6.45, 7) is 4.60. The zero-order valence-electron chi connectivity index (χ0n) is 6.23. The van der Waals surface area contributed by atoms with Crippen molar-refractivity contribution < 1.29 is 0 Å². The lowest BCUT2D eigenvalue weighted by atomic mass is 10.2. The summed E-state index contributed by atoms with van der Waals surface area (Å²) < 4.78 is 0. The maximum Gasteiger partial charge on any atom is 0.00651 e. The van der Waals surface area contributed by atoms with Crippen molar-refractivity contribution in [2.24, 2.45) is 17.8 Å². The van der Waals surface area contributed by atoms with Gasteiger partial charge in [-0.25, -0.2) is 0 Å². The summed E-state index contributed by atoms with van der Waals surface area (Å²) >= 11 is 3.54. The van der Waals surface area contributed by atoms with Gasteiger partial charge in [-0.1, -0.05) is 42.6 Å². The van der Waals surface area contributed by atoms with Gasteiger partial charge < -0.3 is 0 Å². The van der Waals surface area contributed by atoms with Crippen molar-refractivity contribution in [1.82, 2.24) is 0 Å². The SMILES string of the molecule is CCC1C(CC)C1CBr. The highest BCUT2D eigenvalue weighted by Crippen LogP contribution is 2.51. The second kappa shape index (κ2) is 3.05. The minimum atomic E-state index is 1.01. The van der Waals surface area contributed by atoms with Crippen LogP contribution in [0.15, 0.2) is 0 Å². The maximum absolute atomic E-state index is 3.54. The monoisotopic (exact) mass is 190 g/mol. The fraction of sp³-hybridized carbons (Fsp3) is 1.00. The van der Waals surface area contributed by atoms with Crippen molar-refractivity contribution in [3.8, 4) is 0 Å². The smallest absolute Gasteiger partial charge is 0.00651 e. The topological polar surface area (TPSA) is 0 Å². The molecule has 0 heterocycles. The van der Waals surface area contributed by atoms with E-state index in [9.17, 15) is 0 Å². The molecule has 0 aromatic carbocycles. The Hall–Kier alpha value is 0.480. The largest absolute Gasteiger partial charge is 0.0925 e. The number of alkyl halides is 1. The second-order valence-electron chi connectivity index (χ2n) is 2.96. The Balaban J connectivity index is 2.26. The van der Waals surface area contributed by atoms with Crippen molar-refractivity contribution in [3.63, 3.8) is 0 Å². The van der Waals surface area contributed by atoms with Crippen LogP contribution in [0.3, 0.4) is 0 Å². The van der Waals surface area contributed by atoms with E-state index in [1.165, 1.54) is 18.2 Å². The van der Waals surface area contributed by atoms with Gasteiger partial charge in [0, 0.05) is 5.33 Å². The Morgan fingerprint density at radius 2 is 1.44 bits per heavy atom. The van der Waals surface area contributed by atoms with Gasteiger partial charge in [0.15, 0.2) is 0 Å². The van der Waals surface area contributed by atoms with Gasteiger partial charge in [0.05, 0.1) is 0 Å². The molecule has 1 rings (SSSR count). The highest BCUT2D eigenvalue weighted by Gasteiger charge is 2.45. The predicted octanol–water partition coefficient (Wildman–Crippen LogP) is 3.06. The van der Waals surface area contributed by atoms with Crippen molar-refractivity contribution >= 4 is 15.9 Å². The third-order valence-electron chi connectivity index (χ3n) is 2.63. The van der Waals surface area contributed by atoms with E-state index in [2.05, 4.69) is 29.8 Å². The van der Waals surface area contributed by atoms with Gasteiger partial charge in [-0.2, -0.15) is 0 Å². The molecule has 2 atom stereocenters. The van der Waals surface area contributed by atoms with Gasteiger partial charge in [-0.3, -0.25) is 0 Å². The Morgan fingerprint density at radius 3 is 1.56 bits per heavy atom. The molecule has 0 aromatic rings. The predicted molar refractivity (Wildman–Crippen MR) is 44.8 cm³/mol. The van der Waals surface area contributed by atoms with Gasteiger partial charge in [-0.15, -0.1) is 0 Å². The van der Waals surface area contributed by atoms with Gasteiger partial charge >= 0.3 is 0 Å². The van der Waals surface area contributed by atoms with E-state index >= 15 is 0 Å². The molecule has 0 N–H and O–H groups in total. The van der Waals surface area contributed by atoms with Gasteiger partial charge in [0.1, 0.15) is 0 Å². The van der Waals surface area contributed by atoms with Crippen LogP contribution < -0.4 is 0 Å². The number of rotatable bonds is 3. The van der Waals surface area contributed by atoms with E-state index < -0.39 is 0 Å².